The summed E-state index contributed by atoms with van der Waals surface area (Å²) in [6, 6.07) is 14.2. The highest BCUT2D eigenvalue weighted by atomic mass is 35.5. The molecule has 0 atom stereocenters. The fraction of sp³-hybridized carbons (Fsp3) is 0.0588. The van der Waals surface area contributed by atoms with Gasteiger partial charge in [0.25, 0.3) is 5.91 Å². The fourth-order valence-electron chi connectivity index (χ4n) is 2.13. The van der Waals surface area contributed by atoms with Gasteiger partial charge in [-0.05, 0) is 24.3 Å². The zero-order chi connectivity index (χ0) is 17.8. The number of amides is 1. The van der Waals surface area contributed by atoms with Crippen LogP contribution in [-0.2, 0) is 0 Å². The van der Waals surface area contributed by atoms with E-state index in [0.717, 1.165) is 0 Å². The quantitative estimate of drug-likeness (QED) is 0.703. The minimum absolute atomic E-state index is 0.0261. The lowest BCUT2D eigenvalue weighted by Crippen LogP contribution is -2.14. The summed E-state index contributed by atoms with van der Waals surface area (Å²) in [5.74, 6) is -0.471. The van der Waals surface area contributed by atoms with Gasteiger partial charge in [-0.1, -0.05) is 41.0 Å². The lowest BCUT2D eigenvalue weighted by atomic mass is 10.1. The Kier molecular flexibility index (Phi) is 4.95. The van der Waals surface area contributed by atoms with Crippen LogP contribution in [0, 0.1) is 0 Å². The molecular formula is C17H11ClF2N2O3. The molecule has 1 amide bonds. The van der Waals surface area contributed by atoms with Crippen molar-refractivity contribution in [2.45, 2.75) is 6.61 Å². The van der Waals surface area contributed by atoms with Crippen molar-refractivity contribution in [2.75, 3.05) is 5.32 Å². The minimum atomic E-state index is -3.00. The number of rotatable bonds is 5. The molecular weight excluding hydrogens is 354 g/mol. The van der Waals surface area contributed by atoms with Crippen LogP contribution in [0.1, 0.15) is 10.5 Å². The molecule has 1 N–H and O–H groups in total. The van der Waals surface area contributed by atoms with Crippen molar-refractivity contribution in [3.63, 3.8) is 0 Å². The van der Waals surface area contributed by atoms with E-state index >= 15 is 0 Å². The normalized spacial score (nSPS) is 10.7. The number of para-hydroxylation sites is 2. The maximum atomic E-state index is 12.4. The van der Waals surface area contributed by atoms with Crippen molar-refractivity contribution in [1.82, 2.24) is 5.16 Å². The summed E-state index contributed by atoms with van der Waals surface area (Å²) in [4.78, 5) is 12.3. The summed E-state index contributed by atoms with van der Waals surface area (Å²) >= 11 is 6.07. The summed E-state index contributed by atoms with van der Waals surface area (Å²) in [7, 11) is 0. The van der Waals surface area contributed by atoms with E-state index in [-0.39, 0.29) is 17.1 Å². The Morgan fingerprint density at radius 1 is 1.16 bits per heavy atom. The number of hydrogen-bond donors (Lipinski definition) is 1. The number of benzene rings is 2. The number of alkyl halides is 2. The lowest BCUT2D eigenvalue weighted by Gasteiger charge is -2.10. The minimum Gasteiger partial charge on any atom is -0.433 e. The predicted octanol–water partition coefficient (Wildman–Crippen LogP) is 4.85. The Hall–Kier alpha value is -2.93. The van der Waals surface area contributed by atoms with Gasteiger partial charge in [0.2, 0.25) is 0 Å². The molecule has 0 bridgehead atoms. The molecule has 3 rings (SSSR count). The number of hydrogen-bond acceptors (Lipinski definition) is 4. The van der Waals surface area contributed by atoms with Crippen LogP contribution in [0.5, 0.6) is 5.75 Å². The third-order valence-corrected chi connectivity index (χ3v) is 3.56. The van der Waals surface area contributed by atoms with Gasteiger partial charge >= 0.3 is 6.61 Å². The predicted molar refractivity (Wildman–Crippen MR) is 88.0 cm³/mol. The van der Waals surface area contributed by atoms with Crippen LogP contribution in [0.4, 0.5) is 14.5 Å². The molecule has 2 aromatic carbocycles. The van der Waals surface area contributed by atoms with Crippen LogP contribution in [0.15, 0.2) is 59.1 Å². The number of aromatic nitrogens is 1. The van der Waals surface area contributed by atoms with Crippen LogP contribution in [0.2, 0.25) is 5.02 Å². The van der Waals surface area contributed by atoms with Crippen molar-refractivity contribution < 1.29 is 22.8 Å². The van der Waals surface area contributed by atoms with Crippen LogP contribution in [0.3, 0.4) is 0 Å². The van der Waals surface area contributed by atoms with Crippen LogP contribution >= 0.6 is 11.6 Å². The molecule has 0 saturated heterocycles. The van der Waals surface area contributed by atoms with Crippen LogP contribution < -0.4 is 10.1 Å². The second-order valence-corrected chi connectivity index (χ2v) is 5.29. The van der Waals surface area contributed by atoms with Crippen molar-refractivity contribution >= 4 is 23.2 Å². The highest BCUT2D eigenvalue weighted by Crippen LogP contribution is 2.29. The zero-order valence-electron chi connectivity index (χ0n) is 12.6. The molecule has 1 heterocycles. The van der Waals surface area contributed by atoms with Gasteiger partial charge in [-0.2, -0.15) is 8.78 Å². The summed E-state index contributed by atoms with van der Waals surface area (Å²) in [6.07, 6.45) is 0. The van der Waals surface area contributed by atoms with Crippen LogP contribution in [-0.4, -0.2) is 17.7 Å². The standard InChI is InChI=1S/C17H11ClF2N2O3/c18-11-6-2-1-5-10(11)15-9-13(22-25-15)16(23)21-12-7-3-4-8-14(12)24-17(19)20/h1-9,17H,(H,21,23). The van der Waals surface area contributed by atoms with Gasteiger partial charge in [0.1, 0.15) is 5.75 Å². The number of anilines is 1. The monoisotopic (exact) mass is 364 g/mol. The van der Waals surface area contributed by atoms with Gasteiger partial charge in [-0.15, -0.1) is 0 Å². The maximum Gasteiger partial charge on any atom is 0.387 e. The van der Waals surface area contributed by atoms with E-state index in [9.17, 15) is 13.6 Å². The van der Waals surface area contributed by atoms with Gasteiger partial charge in [0.15, 0.2) is 11.5 Å². The second kappa shape index (κ2) is 7.31. The first-order chi connectivity index (χ1) is 12.0. The Morgan fingerprint density at radius 2 is 1.88 bits per heavy atom. The molecule has 8 heteroatoms. The van der Waals surface area contributed by atoms with Crippen molar-refractivity contribution in [3.05, 3.63) is 65.3 Å². The van der Waals surface area contributed by atoms with Crippen molar-refractivity contribution in [3.8, 4) is 17.1 Å². The number of carbonyl (C=O) groups excluding carboxylic acids is 1. The number of nitrogens with one attached hydrogen (secondary N) is 1. The van der Waals surface area contributed by atoms with E-state index in [1.54, 1.807) is 30.3 Å². The van der Waals surface area contributed by atoms with Gasteiger partial charge < -0.3 is 14.6 Å². The molecule has 0 saturated carbocycles. The average molecular weight is 365 g/mol. The van der Waals surface area contributed by atoms with Crippen molar-refractivity contribution in [2.24, 2.45) is 0 Å². The third-order valence-electron chi connectivity index (χ3n) is 3.23. The molecule has 0 fully saturated rings. The van der Waals surface area contributed by atoms with Gasteiger partial charge in [0.05, 0.1) is 10.7 Å². The van der Waals surface area contributed by atoms with E-state index in [2.05, 4.69) is 15.2 Å². The van der Waals surface area contributed by atoms with Crippen LogP contribution in [0.25, 0.3) is 11.3 Å². The van der Waals surface area contributed by atoms with Gasteiger partial charge in [0, 0.05) is 11.6 Å². The number of nitrogens with zero attached hydrogens (tertiary/aromatic N) is 1. The zero-order valence-corrected chi connectivity index (χ0v) is 13.3. The van der Waals surface area contributed by atoms with E-state index in [1.807, 2.05) is 0 Å². The van der Waals surface area contributed by atoms with E-state index in [0.29, 0.717) is 16.3 Å². The van der Waals surface area contributed by atoms with Gasteiger partial charge in [-0.25, -0.2) is 0 Å². The molecule has 0 radical (unpaired) electrons. The molecule has 25 heavy (non-hydrogen) atoms. The van der Waals surface area contributed by atoms with E-state index < -0.39 is 12.5 Å². The fourth-order valence-corrected chi connectivity index (χ4v) is 2.35. The molecule has 0 aliphatic rings. The van der Waals surface area contributed by atoms with E-state index in [1.165, 1.54) is 24.3 Å². The number of ether oxygens (including phenoxy) is 1. The first kappa shape index (κ1) is 16.9. The molecule has 5 nitrogen and oxygen atoms in total. The lowest BCUT2D eigenvalue weighted by molar-refractivity contribution is -0.0493. The highest BCUT2D eigenvalue weighted by molar-refractivity contribution is 6.33. The number of halogens is 3. The SMILES string of the molecule is O=C(Nc1ccccc1OC(F)F)c1cc(-c2ccccc2Cl)on1. The topological polar surface area (TPSA) is 64.4 Å². The number of carbonyl (C=O) groups is 1. The summed E-state index contributed by atoms with van der Waals surface area (Å²) < 4.78 is 34.3. The third kappa shape index (κ3) is 3.95. The molecule has 3 aromatic rings. The first-order valence-corrected chi connectivity index (χ1v) is 7.49. The molecule has 0 spiro atoms. The Bertz CT molecular complexity index is 899. The first-order valence-electron chi connectivity index (χ1n) is 7.11. The summed E-state index contributed by atoms with van der Waals surface area (Å²) in [6.45, 7) is -3.00. The smallest absolute Gasteiger partial charge is 0.387 e. The Morgan fingerprint density at radius 3 is 2.64 bits per heavy atom. The largest absolute Gasteiger partial charge is 0.433 e. The average Bonchev–Trinajstić information content (AvgIpc) is 3.06. The van der Waals surface area contributed by atoms with Gasteiger partial charge in [-0.3, -0.25) is 4.79 Å². The molecule has 0 aliphatic heterocycles. The molecule has 1 aromatic heterocycles. The molecule has 0 unspecified atom stereocenters. The van der Waals surface area contributed by atoms with Crippen molar-refractivity contribution in [1.29, 1.82) is 0 Å². The Balaban J connectivity index is 1.81. The summed E-state index contributed by atoms with van der Waals surface area (Å²) in [5.41, 5.74) is 0.647. The van der Waals surface area contributed by atoms with E-state index in [4.69, 9.17) is 16.1 Å². The highest BCUT2D eigenvalue weighted by Gasteiger charge is 2.17. The Labute approximate surface area is 146 Å². The molecule has 0 aliphatic carbocycles. The molecule has 128 valence electrons. The second-order valence-electron chi connectivity index (χ2n) is 4.89. The maximum absolute atomic E-state index is 12.4. The summed E-state index contributed by atoms with van der Waals surface area (Å²) in [5, 5.41) is 6.59.